The second kappa shape index (κ2) is 7.22. The van der Waals surface area contributed by atoms with E-state index in [-0.39, 0.29) is 16.9 Å². The van der Waals surface area contributed by atoms with Crippen LogP contribution in [0.4, 0.5) is 4.39 Å². The topological polar surface area (TPSA) is 91.9 Å². The maximum Gasteiger partial charge on any atom is 0.341 e. The van der Waals surface area contributed by atoms with Gasteiger partial charge >= 0.3 is 5.97 Å². The molecule has 0 bridgehead atoms. The fourth-order valence-electron chi connectivity index (χ4n) is 4.73. The number of rotatable bonds is 4. The van der Waals surface area contributed by atoms with Crippen molar-refractivity contribution in [3.63, 3.8) is 0 Å². The lowest BCUT2D eigenvalue weighted by Crippen LogP contribution is -2.41. The first-order chi connectivity index (χ1) is 13.9. The Morgan fingerprint density at radius 3 is 2.72 bits per heavy atom. The largest absolute Gasteiger partial charge is 0.477 e. The van der Waals surface area contributed by atoms with Gasteiger partial charge in [0.05, 0.1) is 11.6 Å². The highest BCUT2D eigenvalue weighted by Crippen LogP contribution is 2.46. The quantitative estimate of drug-likeness (QED) is 0.827. The minimum absolute atomic E-state index is 0.0262. The fraction of sp³-hybridized carbons (Fsp3) is 0.409. The van der Waals surface area contributed by atoms with Gasteiger partial charge in [-0.2, -0.15) is 0 Å². The van der Waals surface area contributed by atoms with Crippen molar-refractivity contribution in [2.24, 2.45) is 10.9 Å². The highest BCUT2D eigenvalue weighted by molar-refractivity contribution is 5.93. The minimum Gasteiger partial charge on any atom is -0.477 e. The smallest absolute Gasteiger partial charge is 0.341 e. The van der Waals surface area contributed by atoms with Gasteiger partial charge < -0.3 is 14.8 Å². The number of carbonyl (C=O) groups is 1. The summed E-state index contributed by atoms with van der Waals surface area (Å²) in [6.07, 6.45) is 9.11. The van der Waals surface area contributed by atoms with Gasteiger partial charge in [-0.3, -0.25) is 9.79 Å². The van der Waals surface area contributed by atoms with E-state index in [4.69, 9.17) is 0 Å². The molecule has 0 spiro atoms. The van der Waals surface area contributed by atoms with E-state index in [1.165, 1.54) is 6.20 Å². The molecule has 0 radical (unpaired) electrons. The zero-order chi connectivity index (χ0) is 20.8. The Morgan fingerprint density at radius 1 is 1.34 bits per heavy atom. The minimum atomic E-state index is -1.34. The maximum absolute atomic E-state index is 15.4. The molecule has 1 fully saturated rings. The van der Waals surface area contributed by atoms with Crippen LogP contribution in [0.5, 0.6) is 0 Å². The molecule has 1 aliphatic carbocycles. The van der Waals surface area contributed by atoms with E-state index in [1.807, 2.05) is 13.0 Å². The third-order valence-corrected chi connectivity index (χ3v) is 6.19. The van der Waals surface area contributed by atoms with E-state index in [9.17, 15) is 19.8 Å². The molecular weight excluding hydrogens is 375 g/mol. The van der Waals surface area contributed by atoms with Gasteiger partial charge in [-0.15, -0.1) is 0 Å². The number of nitrogens with zero attached hydrogens (tertiary/aromatic N) is 2. The van der Waals surface area contributed by atoms with E-state index in [1.54, 1.807) is 22.9 Å². The SMILES string of the molecule is CCn1cc(C(=O)O)c(=O)c2cc(F)c(C3(C4CCCCC4O)C=CC=N3)cc21. The van der Waals surface area contributed by atoms with E-state index in [2.05, 4.69) is 4.99 Å². The number of carboxylic acids is 1. The van der Waals surface area contributed by atoms with E-state index < -0.39 is 28.9 Å². The number of aromatic nitrogens is 1. The molecule has 1 saturated carbocycles. The lowest BCUT2D eigenvalue weighted by molar-refractivity contribution is 0.0375. The monoisotopic (exact) mass is 398 g/mol. The first-order valence-electron chi connectivity index (χ1n) is 9.90. The lowest BCUT2D eigenvalue weighted by Gasteiger charge is -2.40. The molecule has 3 unspecified atom stereocenters. The summed E-state index contributed by atoms with van der Waals surface area (Å²) in [5, 5.41) is 20.0. The predicted octanol–water partition coefficient (Wildman–Crippen LogP) is 3.25. The number of hydrogen-bond donors (Lipinski definition) is 2. The molecule has 1 aromatic carbocycles. The number of benzene rings is 1. The van der Waals surface area contributed by atoms with Gasteiger partial charge in [0.15, 0.2) is 0 Å². The van der Waals surface area contributed by atoms with Crippen LogP contribution in [0.25, 0.3) is 10.9 Å². The van der Waals surface area contributed by atoms with Gasteiger partial charge in [-0.25, -0.2) is 9.18 Å². The lowest BCUT2D eigenvalue weighted by atomic mass is 9.70. The molecule has 29 heavy (non-hydrogen) atoms. The molecule has 3 atom stereocenters. The number of allylic oxidation sites excluding steroid dienone is 1. The second-order valence-electron chi connectivity index (χ2n) is 7.73. The number of aliphatic imine (C=N–C) groups is 1. The molecule has 2 aliphatic rings. The number of fused-ring (bicyclic) bond motifs is 1. The number of aliphatic hydroxyl groups is 1. The normalized spacial score (nSPS) is 26.3. The van der Waals surface area contributed by atoms with Gasteiger partial charge in [0.1, 0.15) is 16.9 Å². The number of pyridine rings is 1. The number of halogens is 1. The van der Waals surface area contributed by atoms with E-state index in [0.717, 1.165) is 25.3 Å². The van der Waals surface area contributed by atoms with Crippen molar-refractivity contribution in [1.82, 2.24) is 4.57 Å². The van der Waals surface area contributed by atoms with Crippen LogP contribution >= 0.6 is 0 Å². The zero-order valence-corrected chi connectivity index (χ0v) is 16.1. The van der Waals surface area contributed by atoms with Crippen molar-refractivity contribution in [1.29, 1.82) is 0 Å². The van der Waals surface area contributed by atoms with Crippen LogP contribution in [0.2, 0.25) is 0 Å². The molecule has 1 aliphatic heterocycles. The predicted molar refractivity (Wildman–Crippen MR) is 108 cm³/mol. The van der Waals surface area contributed by atoms with Crippen molar-refractivity contribution >= 4 is 23.1 Å². The van der Waals surface area contributed by atoms with Crippen LogP contribution in [0.3, 0.4) is 0 Å². The highest BCUT2D eigenvalue weighted by atomic mass is 19.1. The van der Waals surface area contributed by atoms with Crippen molar-refractivity contribution in [3.05, 3.63) is 57.6 Å². The molecule has 2 aromatic rings. The molecule has 1 aromatic heterocycles. The molecule has 0 amide bonds. The Balaban J connectivity index is 1.99. The summed E-state index contributed by atoms with van der Waals surface area (Å²) in [5.41, 5.74) is -1.37. The van der Waals surface area contributed by atoms with Gasteiger partial charge in [0.25, 0.3) is 0 Å². The maximum atomic E-state index is 15.4. The van der Waals surface area contributed by atoms with Crippen LogP contribution in [-0.2, 0) is 12.1 Å². The Hall–Kier alpha value is -2.80. The molecule has 152 valence electrons. The fourth-order valence-corrected chi connectivity index (χ4v) is 4.73. The highest BCUT2D eigenvalue weighted by Gasteiger charge is 2.45. The summed E-state index contributed by atoms with van der Waals surface area (Å²) in [6, 6.07) is 2.71. The number of aliphatic hydroxyl groups excluding tert-OH is 1. The average Bonchev–Trinajstić information content (AvgIpc) is 3.19. The summed E-state index contributed by atoms with van der Waals surface area (Å²) in [4.78, 5) is 28.6. The van der Waals surface area contributed by atoms with Crippen LogP contribution in [0.15, 0.2) is 40.3 Å². The second-order valence-corrected chi connectivity index (χ2v) is 7.73. The molecule has 2 heterocycles. The van der Waals surface area contributed by atoms with Gasteiger partial charge in [-0.05, 0) is 38.0 Å². The van der Waals surface area contributed by atoms with E-state index in [0.29, 0.717) is 24.0 Å². The third-order valence-electron chi connectivity index (χ3n) is 6.19. The Labute approximate surface area is 167 Å². The summed E-state index contributed by atoms with van der Waals surface area (Å²) < 4.78 is 17.0. The molecule has 0 saturated heterocycles. The van der Waals surface area contributed by atoms with Crippen molar-refractivity contribution in [3.8, 4) is 0 Å². The first-order valence-corrected chi connectivity index (χ1v) is 9.90. The number of carboxylic acid groups (broad SMARTS) is 1. The van der Waals surface area contributed by atoms with Gasteiger partial charge in [-0.1, -0.05) is 18.9 Å². The van der Waals surface area contributed by atoms with Crippen molar-refractivity contribution < 1.29 is 19.4 Å². The van der Waals surface area contributed by atoms with Crippen LogP contribution in [-0.4, -0.2) is 33.1 Å². The van der Waals surface area contributed by atoms with Crippen LogP contribution < -0.4 is 5.43 Å². The molecule has 2 N–H and O–H groups in total. The summed E-state index contributed by atoms with van der Waals surface area (Å²) in [7, 11) is 0. The molecule has 6 nitrogen and oxygen atoms in total. The zero-order valence-electron chi connectivity index (χ0n) is 16.1. The van der Waals surface area contributed by atoms with Gasteiger partial charge in [0, 0.05) is 35.8 Å². The summed E-state index contributed by atoms with van der Waals surface area (Å²) in [6.45, 7) is 2.24. The van der Waals surface area contributed by atoms with Crippen molar-refractivity contribution in [2.75, 3.05) is 0 Å². The molecule has 7 heteroatoms. The Kier molecular flexibility index (Phi) is 4.86. The first kappa shape index (κ1) is 19.5. The number of aromatic carboxylic acids is 1. The third kappa shape index (κ3) is 3.00. The molecular formula is C22H23FN2O4. The van der Waals surface area contributed by atoms with E-state index >= 15 is 4.39 Å². The number of aryl methyl sites for hydroxylation is 1. The number of hydrogen-bond acceptors (Lipinski definition) is 4. The van der Waals surface area contributed by atoms with Crippen LogP contribution in [0.1, 0.15) is 48.5 Å². The standard InChI is InChI=1S/C22H23FN2O4/c1-2-25-12-14(21(28)29)20(27)13-10-17(23)16(11-18(13)25)22(8-5-9-24-22)15-6-3-4-7-19(15)26/h5,8-12,15,19,26H,2-4,6-7H2,1H3,(H,28,29). The summed E-state index contributed by atoms with van der Waals surface area (Å²) in [5.74, 6) is -2.23. The van der Waals surface area contributed by atoms with Crippen molar-refractivity contribution in [2.45, 2.75) is 50.8 Å². The average molecular weight is 398 g/mol. The molecule has 4 rings (SSSR count). The summed E-state index contributed by atoms with van der Waals surface area (Å²) >= 11 is 0. The Morgan fingerprint density at radius 2 is 2.10 bits per heavy atom. The van der Waals surface area contributed by atoms with Crippen LogP contribution in [0, 0.1) is 11.7 Å². The van der Waals surface area contributed by atoms with Gasteiger partial charge in [0.2, 0.25) is 5.43 Å². The Bertz CT molecular complexity index is 1090.